The van der Waals surface area contributed by atoms with Crippen LogP contribution in [0.2, 0.25) is 0 Å². The molecule has 0 fully saturated rings. The van der Waals surface area contributed by atoms with Gasteiger partial charge in [-0.1, -0.05) is 11.3 Å². The molecular formula is C12H11N3O4S. The number of aromatic amines is 1. The van der Waals surface area contributed by atoms with E-state index in [0.29, 0.717) is 5.69 Å². The fourth-order valence-corrected chi connectivity index (χ4v) is 2.16. The van der Waals surface area contributed by atoms with Gasteiger partial charge in [0.05, 0.1) is 17.8 Å². The maximum absolute atomic E-state index is 11.8. The van der Waals surface area contributed by atoms with Crippen molar-refractivity contribution in [2.24, 2.45) is 0 Å². The lowest BCUT2D eigenvalue weighted by molar-refractivity contribution is 0.0694. The van der Waals surface area contributed by atoms with E-state index in [4.69, 9.17) is 5.11 Å². The molecule has 0 saturated carbocycles. The topological polar surface area (TPSA) is 112 Å². The normalized spacial score (nSPS) is 10.2. The minimum absolute atomic E-state index is 0.0590. The van der Waals surface area contributed by atoms with Gasteiger partial charge in [0.2, 0.25) is 0 Å². The molecule has 0 aliphatic rings. The number of nitrogens with zero attached hydrogens (tertiary/aromatic N) is 1. The molecule has 0 aliphatic carbocycles. The van der Waals surface area contributed by atoms with Gasteiger partial charge in [0.1, 0.15) is 5.69 Å². The minimum Gasteiger partial charge on any atom is -0.478 e. The molecule has 0 spiro atoms. The van der Waals surface area contributed by atoms with Crippen molar-refractivity contribution in [3.63, 3.8) is 0 Å². The number of hydrogen-bond acceptors (Lipinski definition) is 5. The summed E-state index contributed by atoms with van der Waals surface area (Å²) in [6.45, 7) is 1.70. The first kappa shape index (κ1) is 13.9. The number of aryl methyl sites for hydroxylation is 1. The Bertz CT molecular complexity index is 719. The molecular weight excluding hydrogens is 282 g/mol. The van der Waals surface area contributed by atoms with Gasteiger partial charge < -0.3 is 15.4 Å². The van der Waals surface area contributed by atoms with Crippen molar-refractivity contribution in [2.75, 3.05) is 0 Å². The SMILES string of the molecule is Cc1nc(C(=O)NCc2csc(=O)[nH]2)ccc1C(=O)O. The minimum atomic E-state index is -1.09. The quantitative estimate of drug-likeness (QED) is 0.770. The van der Waals surface area contributed by atoms with E-state index in [1.54, 1.807) is 5.38 Å². The Morgan fingerprint density at radius 3 is 2.75 bits per heavy atom. The monoisotopic (exact) mass is 293 g/mol. The second-order valence-corrected chi connectivity index (χ2v) is 4.83. The summed E-state index contributed by atoms with van der Waals surface area (Å²) in [5.74, 6) is -1.52. The third-order valence-electron chi connectivity index (χ3n) is 2.56. The molecule has 2 heterocycles. The molecule has 2 aromatic heterocycles. The Morgan fingerprint density at radius 2 is 2.20 bits per heavy atom. The van der Waals surface area contributed by atoms with Crippen LogP contribution in [-0.4, -0.2) is 27.0 Å². The predicted octanol–water partition coefficient (Wildman–Crippen LogP) is 0.768. The molecule has 2 rings (SSSR count). The zero-order valence-corrected chi connectivity index (χ0v) is 11.3. The van der Waals surface area contributed by atoms with E-state index in [1.165, 1.54) is 19.1 Å². The summed E-state index contributed by atoms with van der Waals surface area (Å²) in [6.07, 6.45) is 0. The Kier molecular flexibility index (Phi) is 3.94. The van der Waals surface area contributed by atoms with Gasteiger partial charge in [-0.25, -0.2) is 9.78 Å². The van der Waals surface area contributed by atoms with Crippen LogP contribution in [0, 0.1) is 6.92 Å². The number of carbonyl (C=O) groups is 2. The van der Waals surface area contributed by atoms with Crippen LogP contribution in [-0.2, 0) is 6.54 Å². The van der Waals surface area contributed by atoms with Crippen molar-refractivity contribution in [1.82, 2.24) is 15.3 Å². The fraction of sp³-hybridized carbons (Fsp3) is 0.167. The van der Waals surface area contributed by atoms with Crippen molar-refractivity contribution < 1.29 is 14.7 Å². The molecule has 0 atom stereocenters. The van der Waals surface area contributed by atoms with Gasteiger partial charge in [0.15, 0.2) is 0 Å². The lowest BCUT2D eigenvalue weighted by Crippen LogP contribution is -2.24. The van der Waals surface area contributed by atoms with Crippen molar-refractivity contribution >= 4 is 23.2 Å². The number of thiazole rings is 1. The van der Waals surface area contributed by atoms with E-state index in [1.807, 2.05) is 0 Å². The summed E-state index contributed by atoms with van der Waals surface area (Å²) in [6, 6.07) is 2.69. The summed E-state index contributed by atoms with van der Waals surface area (Å²) < 4.78 is 0. The maximum Gasteiger partial charge on any atom is 0.337 e. The Labute approximate surface area is 117 Å². The van der Waals surface area contributed by atoms with E-state index < -0.39 is 11.9 Å². The third kappa shape index (κ3) is 3.09. The molecule has 3 N–H and O–H groups in total. The molecule has 0 radical (unpaired) electrons. The molecule has 1 amide bonds. The molecule has 8 heteroatoms. The first-order chi connectivity index (χ1) is 9.47. The molecule has 0 aliphatic heterocycles. The molecule has 20 heavy (non-hydrogen) atoms. The number of aromatic nitrogens is 2. The molecule has 0 bridgehead atoms. The van der Waals surface area contributed by atoms with Crippen LogP contribution in [0.5, 0.6) is 0 Å². The van der Waals surface area contributed by atoms with Crippen LogP contribution in [0.1, 0.15) is 32.2 Å². The molecule has 104 valence electrons. The van der Waals surface area contributed by atoms with Crippen LogP contribution in [0.15, 0.2) is 22.3 Å². The van der Waals surface area contributed by atoms with Gasteiger partial charge in [-0.2, -0.15) is 0 Å². The Hall–Kier alpha value is -2.48. The molecule has 0 saturated heterocycles. The van der Waals surface area contributed by atoms with Crippen molar-refractivity contribution in [3.8, 4) is 0 Å². The summed E-state index contributed by atoms with van der Waals surface area (Å²) in [7, 11) is 0. The van der Waals surface area contributed by atoms with Crippen molar-refractivity contribution in [2.45, 2.75) is 13.5 Å². The highest BCUT2D eigenvalue weighted by atomic mass is 32.1. The number of carboxylic acid groups (broad SMARTS) is 1. The summed E-state index contributed by atoms with van der Waals surface area (Å²) in [4.78, 5) is 40.0. The third-order valence-corrected chi connectivity index (χ3v) is 3.28. The smallest absolute Gasteiger partial charge is 0.337 e. The fourth-order valence-electron chi connectivity index (χ4n) is 1.58. The second-order valence-electron chi connectivity index (χ2n) is 3.99. The number of rotatable bonds is 4. The highest BCUT2D eigenvalue weighted by Gasteiger charge is 2.13. The number of H-pyrrole nitrogens is 1. The number of hydrogen-bond donors (Lipinski definition) is 3. The average molecular weight is 293 g/mol. The molecule has 7 nitrogen and oxygen atoms in total. The summed E-state index contributed by atoms with van der Waals surface area (Å²) >= 11 is 1.02. The predicted molar refractivity (Wildman–Crippen MR) is 72.0 cm³/mol. The van der Waals surface area contributed by atoms with Crippen LogP contribution >= 0.6 is 11.3 Å². The standard InChI is InChI=1S/C12H11N3O4S/c1-6-8(11(17)18)2-3-9(14-6)10(16)13-4-7-5-20-12(19)15-7/h2-3,5H,4H2,1H3,(H,13,16)(H,15,19)(H,17,18). The Morgan fingerprint density at radius 1 is 1.45 bits per heavy atom. The van der Waals surface area contributed by atoms with Gasteiger partial charge >= 0.3 is 10.8 Å². The largest absolute Gasteiger partial charge is 0.478 e. The van der Waals surface area contributed by atoms with E-state index in [9.17, 15) is 14.4 Å². The molecule has 0 unspecified atom stereocenters. The lowest BCUT2D eigenvalue weighted by atomic mass is 10.2. The maximum atomic E-state index is 11.8. The first-order valence-corrected chi connectivity index (χ1v) is 6.51. The number of nitrogens with one attached hydrogen (secondary N) is 2. The van der Waals surface area contributed by atoms with Crippen molar-refractivity contribution in [3.05, 3.63) is 49.8 Å². The van der Waals surface area contributed by atoms with Crippen LogP contribution in [0.4, 0.5) is 0 Å². The van der Waals surface area contributed by atoms with Crippen molar-refractivity contribution in [1.29, 1.82) is 0 Å². The zero-order chi connectivity index (χ0) is 14.7. The number of carboxylic acids is 1. The van der Waals surface area contributed by atoms with Crippen LogP contribution in [0.25, 0.3) is 0 Å². The second kappa shape index (κ2) is 5.66. The van der Waals surface area contributed by atoms with E-state index in [0.717, 1.165) is 11.3 Å². The highest BCUT2D eigenvalue weighted by Crippen LogP contribution is 2.07. The number of pyridine rings is 1. The zero-order valence-electron chi connectivity index (χ0n) is 10.5. The van der Waals surface area contributed by atoms with Gasteiger partial charge in [0.25, 0.3) is 5.91 Å². The summed E-state index contributed by atoms with van der Waals surface area (Å²) in [5.41, 5.74) is 1.06. The number of amides is 1. The number of aromatic carboxylic acids is 1. The lowest BCUT2D eigenvalue weighted by Gasteiger charge is -2.05. The molecule has 0 aromatic carbocycles. The van der Waals surface area contributed by atoms with Crippen LogP contribution in [0.3, 0.4) is 0 Å². The highest BCUT2D eigenvalue weighted by molar-refractivity contribution is 7.07. The first-order valence-electron chi connectivity index (χ1n) is 5.63. The number of carbonyl (C=O) groups excluding carboxylic acids is 1. The van der Waals surface area contributed by atoms with E-state index >= 15 is 0 Å². The average Bonchev–Trinajstić information content (AvgIpc) is 2.81. The van der Waals surface area contributed by atoms with E-state index in [-0.39, 0.29) is 28.4 Å². The Balaban J connectivity index is 2.07. The van der Waals surface area contributed by atoms with Gasteiger partial charge in [0, 0.05) is 11.1 Å². The summed E-state index contributed by atoms with van der Waals surface area (Å²) in [5, 5.41) is 13.1. The van der Waals surface area contributed by atoms with Gasteiger partial charge in [-0.3, -0.25) is 9.59 Å². The van der Waals surface area contributed by atoms with Gasteiger partial charge in [-0.05, 0) is 19.1 Å². The van der Waals surface area contributed by atoms with Crippen LogP contribution < -0.4 is 10.2 Å². The van der Waals surface area contributed by atoms with E-state index in [2.05, 4.69) is 15.3 Å². The molecule has 2 aromatic rings. The van der Waals surface area contributed by atoms with Gasteiger partial charge in [-0.15, -0.1) is 0 Å².